The van der Waals surface area contributed by atoms with Gasteiger partial charge >= 0.3 is 0 Å². The quantitative estimate of drug-likeness (QED) is 0.816. The summed E-state index contributed by atoms with van der Waals surface area (Å²) in [4.78, 5) is 13.9. The van der Waals surface area contributed by atoms with Crippen molar-refractivity contribution in [2.24, 2.45) is 0 Å². The predicted molar refractivity (Wildman–Crippen MR) is 82.1 cm³/mol. The summed E-state index contributed by atoms with van der Waals surface area (Å²) in [6, 6.07) is 7.41. The number of likely N-dealkylation sites (N-methyl/N-ethyl adjacent to an activating group) is 1. The summed E-state index contributed by atoms with van der Waals surface area (Å²) >= 11 is 3.33. The first-order chi connectivity index (χ1) is 8.79. The molecule has 19 heavy (non-hydrogen) atoms. The first-order valence-electron chi connectivity index (χ1n) is 6.17. The number of hydrogen-bond acceptors (Lipinski definition) is 3. The van der Waals surface area contributed by atoms with E-state index in [1.807, 2.05) is 38.4 Å². The van der Waals surface area contributed by atoms with Crippen molar-refractivity contribution in [3.8, 4) is 5.75 Å². The van der Waals surface area contributed by atoms with E-state index in [4.69, 9.17) is 4.74 Å². The molecular formula is C14H21BrN2O2. The van der Waals surface area contributed by atoms with Crippen LogP contribution < -0.4 is 10.1 Å². The minimum absolute atomic E-state index is 0.0852. The number of ether oxygens (including phenoxy) is 1. The van der Waals surface area contributed by atoms with Crippen molar-refractivity contribution >= 4 is 27.5 Å². The average molecular weight is 329 g/mol. The zero-order valence-electron chi connectivity index (χ0n) is 11.9. The van der Waals surface area contributed by atoms with Gasteiger partial charge in [0.25, 0.3) is 0 Å². The molecule has 0 aliphatic carbocycles. The van der Waals surface area contributed by atoms with E-state index in [1.54, 1.807) is 13.8 Å². The Kier molecular flexibility index (Phi) is 5.82. The molecule has 106 valence electrons. The monoisotopic (exact) mass is 328 g/mol. The van der Waals surface area contributed by atoms with E-state index in [-0.39, 0.29) is 5.91 Å². The summed E-state index contributed by atoms with van der Waals surface area (Å²) < 4.78 is 5.03. The summed E-state index contributed by atoms with van der Waals surface area (Å²) in [6.07, 6.45) is 0. The molecular weight excluding hydrogens is 308 g/mol. The van der Waals surface area contributed by atoms with Gasteiger partial charge in [-0.15, -0.1) is 0 Å². The number of carbonyl (C=O) groups is 1. The fourth-order valence-electron chi connectivity index (χ4n) is 1.29. The van der Waals surface area contributed by atoms with E-state index in [2.05, 4.69) is 26.1 Å². The molecule has 1 N–H and O–H groups in total. The first-order valence-corrected chi connectivity index (χ1v) is 6.96. The maximum absolute atomic E-state index is 11.8. The highest BCUT2D eigenvalue weighted by atomic mass is 79.9. The normalized spacial score (nSPS) is 11.5. The number of alkyl halides is 1. The van der Waals surface area contributed by atoms with Crippen molar-refractivity contribution in [1.29, 1.82) is 0 Å². The van der Waals surface area contributed by atoms with E-state index >= 15 is 0 Å². The number of hydrogen-bond donors (Lipinski definition) is 1. The molecule has 0 saturated heterocycles. The largest absolute Gasteiger partial charge is 0.492 e. The Morgan fingerprint density at radius 1 is 1.42 bits per heavy atom. The standard InChI is InChI=1S/C14H21BrN2O2/c1-14(2,15)13(18)16-11-6-5-7-12(10-11)19-9-8-17(3)4/h5-7,10H,8-9H2,1-4H3,(H,16,18). The van der Waals surface area contributed by atoms with Crippen LogP contribution in [-0.2, 0) is 4.79 Å². The van der Waals surface area contributed by atoms with E-state index < -0.39 is 4.32 Å². The summed E-state index contributed by atoms with van der Waals surface area (Å²) in [5.41, 5.74) is 0.736. The number of anilines is 1. The van der Waals surface area contributed by atoms with Crippen LogP contribution in [0.3, 0.4) is 0 Å². The Morgan fingerprint density at radius 3 is 2.68 bits per heavy atom. The van der Waals surface area contributed by atoms with Gasteiger partial charge in [-0.2, -0.15) is 0 Å². The number of amides is 1. The molecule has 0 radical (unpaired) electrons. The molecule has 0 aliphatic rings. The second kappa shape index (κ2) is 6.91. The van der Waals surface area contributed by atoms with Crippen molar-refractivity contribution in [1.82, 2.24) is 4.90 Å². The second-order valence-corrected chi connectivity index (χ2v) is 7.09. The van der Waals surface area contributed by atoms with E-state index in [1.165, 1.54) is 0 Å². The zero-order chi connectivity index (χ0) is 14.5. The molecule has 0 aromatic heterocycles. The lowest BCUT2D eigenvalue weighted by atomic mass is 10.2. The highest BCUT2D eigenvalue weighted by Crippen LogP contribution is 2.21. The molecule has 5 heteroatoms. The van der Waals surface area contributed by atoms with Gasteiger partial charge in [-0.05, 0) is 40.1 Å². The molecule has 4 nitrogen and oxygen atoms in total. The number of nitrogens with one attached hydrogen (secondary N) is 1. The van der Waals surface area contributed by atoms with Gasteiger partial charge in [0, 0.05) is 18.3 Å². The van der Waals surface area contributed by atoms with Crippen LogP contribution in [0, 0.1) is 0 Å². The molecule has 1 amide bonds. The van der Waals surface area contributed by atoms with Crippen molar-refractivity contribution in [2.75, 3.05) is 32.6 Å². The van der Waals surface area contributed by atoms with Crippen molar-refractivity contribution in [2.45, 2.75) is 18.2 Å². The minimum Gasteiger partial charge on any atom is -0.492 e. The van der Waals surface area contributed by atoms with Gasteiger partial charge in [0.05, 0.1) is 4.32 Å². The molecule has 0 bridgehead atoms. The SMILES string of the molecule is CN(C)CCOc1cccc(NC(=O)C(C)(C)Br)c1. The fourth-order valence-corrected chi connectivity index (χ4v) is 1.39. The summed E-state index contributed by atoms with van der Waals surface area (Å²) in [7, 11) is 4.00. The molecule has 1 aromatic rings. The van der Waals surface area contributed by atoms with E-state index in [9.17, 15) is 4.79 Å². The lowest BCUT2D eigenvalue weighted by Gasteiger charge is -2.16. The zero-order valence-corrected chi connectivity index (χ0v) is 13.5. The minimum atomic E-state index is -0.589. The lowest BCUT2D eigenvalue weighted by Crippen LogP contribution is -2.30. The van der Waals surface area contributed by atoms with Gasteiger partial charge in [-0.25, -0.2) is 0 Å². The van der Waals surface area contributed by atoms with Gasteiger partial charge < -0.3 is 15.0 Å². The highest BCUT2D eigenvalue weighted by Gasteiger charge is 2.23. The molecule has 0 saturated carbocycles. The van der Waals surface area contributed by atoms with Gasteiger partial charge in [0.15, 0.2) is 0 Å². The highest BCUT2D eigenvalue weighted by molar-refractivity contribution is 9.10. The average Bonchev–Trinajstić information content (AvgIpc) is 2.27. The van der Waals surface area contributed by atoms with Gasteiger partial charge in [-0.3, -0.25) is 4.79 Å². The van der Waals surface area contributed by atoms with E-state index in [0.29, 0.717) is 6.61 Å². The van der Waals surface area contributed by atoms with E-state index in [0.717, 1.165) is 18.0 Å². The number of nitrogens with zero attached hydrogens (tertiary/aromatic N) is 1. The van der Waals surface area contributed by atoms with Gasteiger partial charge in [0.1, 0.15) is 12.4 Å². The number of carbonyl (C=O) groups excluding carboxylic acids is 1. The maximum Gasteiger partial charge on any atom is 0.240 e. The lowest BCUT2D eigenvalue weighted by molar-refractivity contribution is -0.117. The Balaban J connectivity index is 2.59. The topological polar surface area (TPSA) is 41.6 Å². The smallest absolute Gasteiger partial charge is 0.240 e. The van der Waals surface area contributed by atoms with Gasteiger partial charge in [-0.1, -0.05) is 22.0 Å². The van der Waals surface area contributed by atoms with Crippen LogP contribution in [-0.4, -0.2) is 42.4 Å². The number of benzene rings is 1. The molecule has 0 heterocycles. The van der Waals surface area contributed by atoms with Crippen molar-refractivity contribution < 1.29 is 9.53 Å². The summed E-state index contributed by atoms with van der Waals surface area (Å²) in [6.45, 7) is 5.08. The van der Waals surface area contributed by atoms with Crippen molar-refractivity contribution in [3.05, 3.63) is 24.3 Å². The summed E-state index contributed by atoms with van der Waals surface area (Å²) in [5, 5.41) is 2.85. The van der Waals surface area contributed by atoms with Crippen LogP contribution in [0.25, 0.3) is 0 Å². The molecule has 0 fully saturated rings. The number of halogens is 1. The Bertz CT molecular complexity index is 428. The van der Waals surface area contributed by atoms with Crippen LogP contribution in [0.4, 0.5) is 5.69 Å². The second-order valence-electron chi connectivity index (χ2n) is 5.11. The Hall–Kier alpha value is -1.07. The maximum atomic E-state index is 11.8. The van der Waals surface area contributed by atoms with Crippen LogP contribution in [0.1, 0.15) is 13.8 Å². The van der Waals surface area contributed by atoms with Crippen LogP contribution in [0.5, 0.6) is 5.75 Å². The molecule has 0 spiro atoms. The molecule has 0 unspecified atom stereocenters. The third-order valence-electron chi connectivity index (χ3n) is 2.44. The van der Waals surface area contributed by atoms with Crippen molar-refractivity contribution in [3.63, 3.8) is 0 Å². The third-order valence-corrected chi connectivity index (χ3v) is 2.80. The van der Waals surface area contributed by atoms with Crippen LogP contribution >= 0.6 is 15.9 Å². The Morgan fingerprint density at radius 2 is 2.11 bits per heavy atom. The number of rotatable bonds is 6. The fraction of sp³-hybridized carbons (Fsp3) is 0.500. The molecule has 0 atom stereocenters. The first kappa shape index (κ1) is 16.0. The van der Waals surface area contributed by atoms with Crippen LogP contribution in [0.2, 0.25) is 0 Å². The predicted octanol–water partition coefficient (Wildman–Crippen LogP) is 2.74. The molecule has 0 aliphatic heterocycles. The summed E-state index contributed by atoms with van der Waals surface area (Å²) in [5.74, 6) is 0.671. The molecule has 1 aromatic carbocycles. The van der Waals surface area contributed by atoms with Crippen LogP contribution in [0.15, 0.2) is 24.3 Å². The third kappa shape index (κ3) is 6.07. The Labute approximate surface area is 123 Å². The van der Waals surface area contributed by atoms with Gasteiger partial charge in [0.2, 0.25) is 5.91 Å². The molecule has 1 rings (SSSR count).